The molecule has 0 unspecified atom stereocenters. The molecule has 0 amide bonds. The first kappa shape index (κ1) is 11.7. The average Bonchev–Trinajstić information content (AvgIpc) is 1.99. The molecule has 1 rings (SSSR count). The number of rotatable bonds is 3. The van der Waals surface area contributed by atoms with Crippen molar-refractivity contribution in [3.8, 4) is 17.2 Å². The SMILES string of the molecule is CC(C)(N)CCc1c(O)cc(O)cc1O. The van der Waals surface area contributed by atoms with Crippen LogP contribution < -0.4 is 5.73 Å². The second-order valence-electron chi connectivity index (χ2n) is 4.45. The molecule has 1 aromatic carbocycles. The smallest absolute Gasteiger partial charge is 0.126 e. The summed E-state index contributed by atoms with van der Waals surface area (Å²) in [4.78, 5) is 0. The largest absolute Gasteiger partial charge is 0.508 e. The summed E-state index contributed by atoms with van der Waals surface area (Å²) in [7, 11) is 0. The third-order valence-corrected chi connectivity index (χ3v) is 2.21. The fraction of sp³-hybridized carbons (Fsp3) is 0.455. The fourth-order valence-electron chi connectivity index (χ4n) is 1.33. The van der Waals surface area contributed by atoms with E-state index in [1.807, 2.05) is 13.8 Å². The van der Waals surface area contributed by atoms with Gasteiger partial charge in [0.1, 0.15) is 17.2 Å². The zero-order chi connectivity index (χ0) is 11.6. The number of aromatic hydroxyl groups is 3. The van der Waals surface area contributed by atoms with Crippen LogP contribution in [0.3, 0.4) is 0 Å². The second-order valence-corrected chi connectivity index (χ2v) is 4.45. The highest BCUT2D eigenvalue weighted by atomic mass is 16.3. The van der Waals surface area contributed by atoms with Gasteiger partial charge in [-0.05, 0) is 26.7 Å². The van der Waals surface area contributed by atoms with Gasteiger partial charge in [-0.15, -0.1) is 0 Å². The van der Waals surface area contributed by atoms with E-state index in [1.54, 1.807) is 0 Å². The molecule has 84 valence electrons. The van der Waals surface area contributed by atoms with Crippen LogP contribution >= 0.6 is 0 Å². The van der Waals surface area contributed by atoms with Crippen LogP contribution in [-0.2, 0) is 6.42 Å². The predicted octanol–water partition coefficient (Wildman–Crippen LogP) is 1.47. The first-order valence-corrected chi connectivity index (χ1v) is 4.82. The molecule has 4 heteroatoms. The van der Waals surface area contributed by atoms with Gasteiger partial charge < -0.3 is 21.1 Å². The highest BCUT2D eigenvalue weighted by Gasteiger charge is 2.15. The Morgan fingerprint density at radius 2 is 1.60 bits per heavy atom. The maximum atomic E-state index is 9.51. The molecule has 0 aromatic heterocycles. The summed E-state index contributed by atoms with van der Waals surface area (Å²) in [5.41, 5.74) is 5.87. The molecule has 0 saturated heterocycles. The maximum Gasteiger partial charge on any atom is 0.126 e. The molecule has 4 nitrogen and oxygen atoms in total. The van der Waals surface area contributed by atoms with Gasteiger partial charge in [0.05, 0.1) is 0 Å². The van der Waals surface area contributed by atoms with Crippen LogP contribution in [0, 0.1) is 0 Å². The van der Waals surface area contributed by atoms with Crippen molar-refractivity contribution in [2.45, 2.75) is 32.2 Å². The topological polar surface area (TPSA) is 86.7 Å². The van der Waals surface area contributed by atoms with Crippen LogP contribution in [0.25, 0.3) is 0 Å². The Bertz CT molecular complexity index is 332. The van der Waals surface area contributed by atoms with E-state index >= 15 is 0 Å². The van der Waals surface area contributed by atoms with Gasteiger partial charge in [-0.25, -0.2) is 0 Å². The zero-order valence-corrected chi connectivity index (χ0v) is 8.99. The minimum absolute atomic E-state index is 0.100. The van der Waals surface area contributed by atoms with Gasteiger partial charge >= 0.3 is 0 Å². The number of hydrogen-bond donors (Lipinski definition) is 4. The number of nitrogens with two attached hydrogens (primary N) is 1. The highest BCUT2D eigenvalue weighted by molar-refractivity contribution is 5.48. The van der Waals surface area contributed by atoms with Crippen molar-refractivity contribution in [3.63, 3.8) is 0 Å². The van der Waals surface area contributed by atoms with Gasteiger partial charge in [0.15, 0.2) is 0 Å². The minimum atomic E-state index is -0.350. The molecule has 15 heavy (non-hydrogen) atoms. The van der Waals surface area contributed by atoms with E-state index in [2.05, 4.69) is 0 Å². The van der Waals surface area contributed by atoms with Gasteiger partial charge in [0.25, 0.3) is 0 Å². The fourth-order valence-corrected chi connectivity index (χ4v) is 1.33. The van der Waals surface area contributed by atoms with E-state index in [0.29, 0.717) is 18.4 Å². The van der Waals surface area contributed by atoms with Crippen molar-refractivity contribution < 1.29 is 15.3 Å². The Morgan fingerprint density at radius 1 is 1.13 bits per heavy atom. The third-order valence-electron chi connectivity index (χ3n) is 2.21. The number of phenols is 3. The summed E-state index contributed by atoms with van der Waals surface area (Å²) in [6.07, 6.45) is 1.11. The minimum Gasteiger partial charge on any atom is -0.508 e. The first-order valence-electron chi connectivity index (χ1n) is 4.82. The van der Waals surface area contributed by atoms with Crippen molar-refractivity contribution >= 4 is 0 Å². The van der Waals surface area contributed by atoms with E-state index in [9.17, 15) is 10.2 Å². The van der Waals surface area contributed by atoms with Crippen molar-refractivity contribution in [1.82, 2.24) is 0 Å². The van der Waals surface area contributed by atoms with Crippen molar-refractivity contribution in [2.24, 2.45) is 5.73 Å². The zero-order valence-electron chi connectivity index (χ0n) is 8.99. The molecule has 0 radical (unpaired) electrons. The quantitative estimate of drug-likeness (QED) is 0.609. The van der Waals surface area contributed by atoms with Gasteiger partial charge in [-0.1, -0.05) is 0 Å². The van der Waals surface area contributed by atoms with Gasteiger partial charge in [-0.2, -0.15) is 0 Å². The Morgan fingerprint density at radius 3 is 2.00 bits per heavy atom. The van der Waals surface area contributed by atoms with Crippen molar-refractivity contribution in [1.29, 1.82) is 0 Å². The van der Waals surface area contributed by atoms with E-state index in [1.165, 1.54) is 12.1 Å². The molecule has 0 saturated carbocycles. The Kier molecular flexibility index (Phi) is 3.09. The third kappa shape index (κ3) is 3.32. The average molecular weight is 211 g/mol. The maximum absolute atomic E-state index is 9.51. The molecule has 0 aliphatic heterocycles. The lowest BCUT2D eigenvalue weighted by molar-refractivity contribution is 0.409. The second kappa shape index (κ2) is 3.98. The summed E-state index contributed by atoms with van der Waals surface area (Å²) in [6, 6.07) is 2.41. The lowest BCUT2D eigenvalue weighted by Gasteiger charge is -2.18. The summed E-state index contributed by atoms with van der Waals surface area (Å²) in [5.74, 6) is -0.353. The number of benzene rings is 1. The highest BCUT2D eigenvalue weighted by Crippen LogP contribution is 2.33. The van der Waals surface area contributed by atoms with Crippen LogP contribution in [0.4, 0.5) is 0 Å². The summed E-state index contributed by atoms with van der Waals surface area (Å²) in [6.45, 7) is 3.75. The molecule has 0 atom stereocenters. The summed E-state index contributed by atoms with van der Waals surface area (Å²) < 4.78 is 0. The Hall–Kier alpha value is -1.42. The van der Waals surface area contributed by atoms with E-state index in [0.717, 1.165) is 0 Å². The van der Waals surface area contributed by atoms with Gasteiger partial charge in [0.2, 0.25) is 0 Å². The van der Waals surface area contributed by atoms with Crippen LogP contribution in [0.2, 0.25) is 0 Å². The van der Waals surface area contributed by atoms with E-state index in [-0.39, 0.29) is 22.8 Å². The number of phenolic OH excluding ortho intramolecular Hbond substituents is 3. The molecule has 0 aliphatic carbocycles. The van der Waals surface area contributed by atoms with Crippen LogP contribution in [0.15, 0.2) is 12.1 Å². The molecule has 0 spiro atoms. The van der Waals surface area contributed by atoms with Crippen molar-refractivity contribution in [3.05, 3.63) is 17.7 Å². The van der Waals surface area contributed by atoms with Crippen LogP contribution in [-0.4, -0.2) is 20.9 Å². The Labute approximate surface area is 89.0 Å². The normalized spacial score (nSPS) is 11.7. The molecule has 5 N–H and O–H groups in total. The van der Waals surface area contributed by atoms with Gasteiger partial charge in [-0.3, -0.25) is 0 Å². The van der Waals surface area contributed by atoms with Gasteiger partial charge in [0, 0.05) is 23.2 Å². The molecule has 0 aliphatic rings. The number of hydrogen-bond acceptors (Lipinski definition) is 4. The monoisotopic (exact) mass is 211 g/mol. The molecule has 0 heterocycles. The van der Waals surface area contributed by atoms with Crippen LogP contribution in [0.1, 0.15) is 25.8 Å². The molecule has 0 bridgehead atoms. The predicted molar refractivity (Wildman–Crippen MR) is 58.0 cm³/mol. The van der Waals surface area contributed by atoms with Crippen molar-refractivity contribution in [2.75, 3.05) is 0 Å². The lowest BCUT2D eigenvalue weighted by Crippen LogP contribution is -2.32. The molecule has 1 aromatic rings. The van der Waals surface area contributed by atoms with E-state index in [4.69, 9.17) is 10.8 Å². The summed E-state index contributed by atoms with van der Waals surface area (Å²) in [5, 5.41) is 28.1. The molecular weight excluding hydrogens is 194 g/mol. The van der Waals surface area contributed by atoms with E-state index < -0.39 is 0 Å². The van der Waals surface area contributed by atoms with Crippen LogP contribution in [0.5, 0.6) is 17.2 Å². The molecule has 0 fully saturated rings. The molecular formula is C11H17NO3. The first-order chi connectivity index (χ1) is 6.79. The summed E-state index contributed by atoms with van der Waals surface area (Å²) >= 11 is 0. The standard InChI is InChI=1S/C11H17NO3/c1-11(2,12)4-3-8-9(14)5-7(13)6-10(8)15/h5-6,13-15H,3-4,12H2,1-2H3. The lowest BCUT2D eigenvalue weighted by atomic mass is 9.95. The Balaban J connectivity index is 2.86.